The van der Waals surface area contributed by atoms with Crippen LogP contribution in [0.25, 0.3) is 0 Å². The highest BCUT2D eigenvalue weighted by Crippen LogP contribution is 2.26. The molecule has 0 amide bonds. The first-order valence-corrected chi connectivity index (χ1v) is 7.55. The van der Waals surface area contributed by atoms with Crippen molar-refractivity contribution in [2.45, 2.75) is 19.4 Å². The van der Waals surface area contributed by atoms with Crippen molar-refractivity contribution in [3.8, 4) is 0 Å². The summed E-state index contributed by atoms with van der Waals surface area (Å²) < 4.78 is 0. The second-order valence-electron chi connectivity index (χ2n) is 4.39. The van der Waals surface area contributed by atoms with Crippen LogP contribution in [0.5, 0.6) is 0 Å². The fraction of sp³-hybridized carbons (Fsp3) is 0.462. The molecule has 0 aliphatic rings. The average Bonchev–Trinajstić information content (AvgIpc) is 2.43. The Bertz CT molecular complexity index is 507. The number of hydrogen-bond acceptors (Lipinski definition) is 5. The molecule has 6 nitrogen and oxygen atoms in total. The zero-order chi connectivity index (χ0) is 15.3. The van der Waals surface area contributed by atoms with Crippen molar-refractivity contribution in [2.75, 3.05) is 24.0 Å². The van der Waals surface area contributed by atoms with E-state index in [2.05, 4.69) is 6.92 Å². The Morgan fingerprint density at radius 3 is 2.65 bits per heavy atom. The van der Waals surface area contributed by atoms with Crippen LogP contribution in [-0.4, -0.2) is 41.1 Å². The summed E-state index contributed by atoms with van der Waals surface area (Å²) in [4.78, 5) is 23.3. The molecule has 1 aromatic carbocycles. The van der Waals surface area contributed by atoms with Crippen LogP contribution in [0, 0.1) is 10.1 Å². The Morgan fingerprint density at radius 2 is 2.20 bits per heavy atom. The third kappa shape index (κ3) is 3.63. The zero-order valence-corrected chi connectivity index (χ0v) is 12.5. The highest BCUT2D eigenvalue weighted by molar-refractivity contribution is 7.98. The Hall–Kier alpha value is -1.76. The van der Waals surface area contributed by atoms with E-state index in [4.69, 9.17) is 5.11 Å². The minimum absolute atomic E-state index is 0.258. The predicted octanol–water partition coefficient (Wildman–Crippen LogP) is 2.87. The fourth-order valence-electron chi connectivity index (χ4n) is 1.98. The van der Waals surface area contributed by atoms with Crippen molar-refractivity contribution in [3.05, 3.63) is 33.9 Å². The number of hydrogen-bond donors (Lipinski definition) is 1. The fourth-order valence-corrected chi connectivity index (χ4v) is 2.82. The summed E-state index contributed by atoms with van der Waals surface area (Å²) >= 11 is 1.71. The molecule has 1 unspecified atom stereocenters. The molecule has 0 aliphatic carbocycles. The van der Waals surface area contributed by atoms with Gasteiger partial charge in [0.15, 0.2) is 0 Å². The van der Waals surface area contributed by atoms with Gasteiger partial charge in [0.1, 0.15) is 5.56 Å². The van der Waals surface area contributed by atoms with Crippen LogP contribution in [-0.2, 0) is 0 Å². The van der Waals surface area contributed by atoms with Crippen LogP contribution < -0.4 is 4.90 Å². The van der Waals surface area contributed by atoms with Gasteiger partial charge in [-0.3, -0.25) is 10.1 Å². The van der Waals surface area contributed by atoms with Gasteiger partial charge in [-0.1, -0.05) is 6.92 Å². The Kier molecular flexibility index (Phi) is 5.82. The molecule has 0 heterocycles. The van der Waals surface area contributed by atoms with Crippen LogP contribution in [0.3, 0.4) is 0 Å². The molecule has 0 bridgehead atoms. The highest BCUT2D eigenvalue weighted by atomic mass is 32.2. The topological polar surface area (TPSA) is 83.7 Å². The van der Waals surface area contributed by atoms with Gasteiger partial charge in [-0.25, -0.2) is 4.79 Å². The van der Waals surface area contributed by atoms with Gasteiger partial charge >= 0.3 is 5.97 Å². The number of rotatable bonds is 7. The smallest absolute Gasteiger partial charge is 0.342 e. The van der Waals surface area contributed by atoms with E-state index < -0.39 is 10.9 Å². The molecule has 0 spiro atoms. The molecule has 0 radical (unpaired) electrons. The maximum atomic E-state index is 11.1. The van der Waals surface area contributed by atoms with Crippen LogP contribution in [0.4, 0.5) is 11.4 Å². The number of nitro benzene ring substituents is 1. The van der Waals surface area contributed by atoms with Gasteiger partial charge in [0.05, 0.1) is 4.92 Å². The minimum atomic E-state index is -1.29. The number of carbonyl (C=O) groups is 1. The number of benzene rings is 1. The predicted molar refractivity (Wildman–Crippen MR) is 80.9 cm³/mol. The van der Waals surface area contributed by atoms with Crippen molar-refractivity contribution < 1.29 is 14.8 Å². The number of carboxylic acid groups (broad SMARTS) is 1. The first-order valence-electron chi connectivity index (χ1n) is 6.15. The normalized spacial score (nSPS) is 11.9. The number of anilines is 1. The maximum absolute atomic E-state index is 11.1. The highest BCUT2D eigenvalue weighted by Gasteiger charge is 2.22. The van der Waals surface area contributed by atoms with Gasteiger partial charge in [-0.15, -0.1) is 0 Å². The third-order valence-electron chi connectivity index (χ3n) is 3.19. The quantitative estimate of drug-likeness (QED) is 0.615. The zero-order valence-electron chi connectivity index (χ0n) is 11.7. The first-order chi connectivity index (χ1) is 9.42. The summed E-state index contributed by atoms with van der Waals surface area (Å²) in [5.41, 5.74) is 0.0137. The molecule has 1 N–H and O–H groups in total. The lowest BCUT2D eigenvalue weighted by molar-refractivity contribution is -0.385. The lowest BCUT2D eigenvalue weighted by Gasteiger charge is -2.29. The molecular weight excluding hydrogens is 280 g/mol. The van der Waals surface area contributed by atoms with E-state index in [-0.39, 0.29) is 17.3 Å². The van der Waals surface area contributed by atoms with Gasteiger partial charge in [0, 0.05) is 30.6 Å². The molecular formula is C13H18N2O4S. The average molecular weight is 298 g/mol. The van der Waals surface area contributed by atoms with E-state index in [9.17, 15) is 14.9 Å². The lowest BCUT2D eigenvalue weighted by atomic mass is 10.1. The summed E-state index contributed by atoms with van der Waals surface area (Å²) in [5, 5.41) is 19.9. The molecule has 0 saturated heterocycles. The van der Waals surface area contributed by atoms with Crippen LogP contribution in [0.1, 0.15) is 23.7 Å². The second kappa shape index (κ2) is 7.14. The number of nitrogens with zero attached hydrogens (tertiary/aromatic N) is 2. The summed E-state index contributed by atoms with van der Waals surface area (Å²) in [6.45, 7) is 2.06. The van der Waals surface area contributed by atoms with Gasteiger partial charge in [-0.05, 0) is 24.8 Å². The van der Waals surface area contributed by atoms with E-state index in [1.807, 2.05) is 18.2 Å². The maximum Gasteiger partial charge on any atom is 0.342 e. The lowest BCUT2D eigenvalue weighted by Crippen LogP contribution is -2.33. The monoisotopic (exact) mass is 298 g/mol. The second-order valence-corrected chi connectivity index (χ2v) is 5.30. The summed E-state index contributed by atoms with van der Waals surface area (Å²) in [6.07, 6.45) is 2.92. The van der Waals surface area contributed by atoms with Gasteiger partial charge < -0.3 is 10.0 Å². The number of nitro groups is 1. The number of carboxylic acids is 1. The molecule has 0 aliphatic heterocycles. The van der Waals surface area contributed by atoms with Crippen LogP contribution in [0.15, 0.2) is 18.2 Å². The molecule has 1 aromatic rings. The Balaban J connectivity index is 3.17. The molecule has 7 heteroatoms. The van der Waals surface area contributed by atoms with E-state index in [1.54, 1.807) is 17.8 Å². The molecule has 20 heavy (non-hydrogen) atoms. The summed E-state index contributed by atoms with van der Waals surface area (Å²) in [7, 11) is 1.87. The van der Waals surface area contributed by atoms with E-state index in [0.717, 1.165) is 12.2 Å². The third-order valence-corrected chi connectivity index (χ3v) is 3.91. The summed E-state index contributed by atoms with van der Waals surface area (Å²) in [6, 6.07) is 4.46. The standard InChI is InChI=1S/C13H18N2O4S/c1-4-9(8-20-3)14(2)10-5-6-12(15(18)19)11(7-10)13(16)17/h5-7,9H,4,8H2,1-3H3,(H,16,17). The molecule has 0 aromatic heterocycles. The van der Waals surface area contributed by atoms with Gasteiger partial charge in [0.2, 0.25) is 0 Å². The minimum Gasteiger partial charge on any atom is -0.477 e. The van der Waals surface area contributed by atoms with Crippen LogP contribution >= 0.6 is 11.8 Å². The molecule has 0 fully saturated rings. The van der Waals surface area contributed by atoms with Crippen molar-refractivity contribution in [2.24, 2.45) is 0 Å². The van der Waals surface area contributed by atoms with E-state index in [0.29, 0.717) is 5.69 Å². The van der Waals surface area contributed by atoms with E-state index >= 15 is 0 Å². The molecule has 1 atom stereocenters. The SMILES string of the molecule is CCC(CSC)N(C)c1ccc([N+](=O)[O-])c(C(=O)O)c1. The Labute approximate surface area is 121 Å². The Morgan fingerprint density at radius 1 is 1.55 bits per heavy atom. The molecule has 0 saturated carbocycles. The van der Waals surface area contributed by atoms with Gasteiger partial charge in [-0.2, -0.15) is 11.8 Å². The van der Waals surface area contributed by atoms with E-state index in [1.165, 1.54) is 12.1 Å². The molecule has 110 valence electrons. The molecule has 1 rings (SSSR count). The summed E-state index contributed by atoms with van der Waals surface area (Å²) in [5.74, 6) is -0.378. The van der Waals surface area contributed by atoms with Crippen LogP contribution in [0.2, 0.25) is 0 Å². The first kappa shape index (κ1) is 16.3. The number of thioether (sulfide) groups is 1. The van der Waals surface area contributed by atoms with Gasteiger partial charge in [0.25, 0.3) is 5.69 Å². The van der Waals surface area contributed by atoms with Crippen molar-refractivity contribution in [3.63, 3.8) is 0 Å². The van der Waals surface area contributed by atoms with Crippen molar-refractivity contribution in [1.29, 1.82) is 0 Å². The number of aromatic carboxylic acids is 1. The van der Waals surface area contributed by atoms with Crippen molar-refractivity contribution >= 4 is 29.1 Å². The largest absolute Gasteiger partial charge is 0.477 e. The van der Waals surface area contributed by atoms with Crippen molar-refractivity contribution in [1.82, 2.24) is 0 Å².